The minimum atomic E-state index is -0.00579. The number of hydrogen-bond donors (Lipinski definition) is 1. The summed E-state index contributed by atoms with van der Waals surface area (Å²) in [5, 5.41) is 2.97. The van der Waals surface area contributed by atoms with Crippen molar-refractivity contribution >= 4 is 5.91 Å². The van der Waals surface area contributed by atoms with E-state index in [4.69, 9.17) is 4.74 Å². The summed E-state index contributed by atoms with van der Waals surface area (Å²) >= 11 is 0. The Hall–Kier alpha value is -2.29. The summed E-state index contributed by atoms with van der Waals surface area (Å²) in [6, 6.07) is 13.8. The second-order valence-corrected chi connectivity index (χ2v) is 5.51. The number of aryl methyl sites for hydroxylation is 3. The maximum Gasteiger partial charge on any atom is 0.251 e. The standard InChI is InChI=1S/C19H23NO2/c1-14-9-10-17(12-15(14)2)19(21)20-11-5-7-16-6-4-8-18(13-16)22-3/h4,6,8-10,12-13H,5,7,11H2,1-3H3,(H,20,21). The maximum atomic E-state index is 12.1. The zero-order chi connectivity index (χ0) is 15.9. The van der Waals surface area contributed by atoms with Crippen LogP contribution < -0.4 is 10.1 Å². The molecule has 0 saturated heterocycles. The van der Waals surface area contributed by atoms with Crippen LogP contribution in [0.4, 0.5) is 0 Å². The SMILES string of the molecule is COc1cccc(CCCNC(=O)c2ccc(C)c(C)c2)c1. The van der Waals surface area contributed by atoms with Crippen molar-refractivity contribution in [1.29, 1.82) is 0 Å². The average Bonchev–Trinajstić information content (AvgIpc) is 2.54. The molecule has 3 heteroatoms. The minimum Gasteiger partial charge on any atom is -0.497 e. The predicted octanol–water partition coefficient (Wildman–Crippen LogP) is 3.67. The molecule has 0 aliphatic rings. The Kier molecular flexibility index (Phi) is 5.59. The summed E-state index contributed by atoms with van der Waals surface area (Å²) in [4.78, 5) is 12.1. The molecule has 0 spiro atoms. The lowest BCUT2D eigenvalue weighted by Crippen LogP contribution is -2.24. The van der Waals surface area contributed by atoms with Crippen LogP contribution in [0.15, 0.2) is 42.5 Å². The van der Waals surface area contributed by atoms with Gasteiger partial charge in [-0.3, -0.25) is 4.79 Å². The number of methoxy groups -OCH3 is 1. The molecule has 3 nitrogen and oxygen atoms in total. The molecule has 0 heterocycles. The minimum absolute atomic E-state index is 0.00579. The lowest BCUT2D eigenvalue weighted by Gasteiger charge is -2.08. The molecule has 1 amide bonds. The Morgan fingerprint density at radius 3 is 2.64 bits per heavy atom. The Labute approximate surface area is 132 Å². The van der Waals surface area contributed by atoms with E-state index in [-0.39, 0.29) is 5.91 Å². The van der Waals surface area contributed by atoms with Crippen molar-refractivity contribution in [2.24, 2.45) is 0 Å². The van der Waals surface area contributed by atoms with Gasteiger partial charge in [-0.2, -0.15) is 0 Å². The fourth-order valence-electron chi connectivity index (χ4n) is 2.31. The highest BCUT2D eigenvalue weighted by Crippen LogP contribution is 2.14. The number of rotatable bonds is 6. The van der Waals surface area contributed by atoms with Gasteiger partial charge < -0.3 is 10.1 Å². The van der Waals surface area contributed by atoms with E-state index in [0.29, 0.717) is 6.54 Å². The van der Waals surface area contributed by atoms with Gasteiger partial charge in [0.05, 0.1) is 7.11 Å². The molecule has 0 bridgehead atoms. The number of amides is 1. The van der Waals surface area contributed by atoms with Crippen LogP contribution in [0, 0.1) is 13.8 Å². The van der Waals surface area contributed by atoms with Crippen LogP contribution in [-0.4, -0.2) is 19.6 Å². The van der Waals surface area contributed by atoms with Gasteiger partial charge in [-0.05, 0) is 67.6 Å². The number of benzene rings is 2. The summed E-state index contributed by atoms with van der Waals surface area (Å²) in [6.07, 6.45) is 1.83. The summed E-state index contributed by atoms with van der Waals surface area (Å²) in [6.45, 7) is 4.74. The van der Waals surface area contributed by atoms with Crippen LogP contribution in [0.1, 0.15) is 33.5 Å². The van der Waals surface area contributed by atoms with Crippen molar-refractivity contribution in [3.63, 3.8) is 0 Å². The lowest BCUT2D eigenvalue weighted by molar-refractivity contribution is 0.0953. The quantitative estimate of drug-likeness (QED) is 0.826. The third-order valence-electron chi connectivity index (χ3n) is 3.83. The number of hydrogen-bond acceptors (Lipinski definition) is 2. The Morgan fingerprint density at radius 1 is 1.09 bits per heavy atom. The van der Waals surface area contributed by atoms with E-state index >= 15 is 0 Å². The molecule has 0 aromatic heterocycles. The van der Waals surface area contributed by atoms with Gasteiger partial charge >= 0.3 is 0 Å². The molecule has 2 rings (SSSR count). The first-order chi connectivity index (χ1) is 10.6. The number of nitrogens with one attached hydrogen (secondary N) is 1. The van der Waals surface area contributed by atoms with Crippen LogP contribution >= 0.6 is 0 Å². The third-order valence-corrected chi connectivity index (χ3v) is 3.83. The summed E-state index contributed by atoms with van der Waals surface area (Å²) in [5.41, 5.74) is 4.29. The fourth-order valence-corrected chi connectivity index (χ4v) is 2.31. The van der Waals surface area contributed by atoms with Crippen LogP contribution in [0.2, 0.25) is 0 Å². The van der Waals surface area contributed by atoms with E-state index in [0.717, 1.165) is 29.7 Å². The van der Waals surface area contributed by atoms with Crippen LogP contribution in [0.25, 0.3) is 0 Å². The molecule has 0 saturated carbocycles. The maximum absolute atomic E-state index is 12.1. The van der Waals surface area contributed by atoms with Crippen molar-refractivity contribution in [2.75, 3.05) is 13.7 Å². The highest BCUT2D eigenvalue weighted by atomic mass is 16.5. The number of carbonyl (C=O) groups is 1. The molecular weight excluding hydrogens is 274 g/mol. The Balaban J connectivity index is 1.80. The molecule has 0 radical (unpaired) electrons. The Bertz CT molecular complexity index is 650. The van der Waals surface area contributed by atoms with E-state index < -0.39 is 0 Å². The second-order valence-electron chi connectivity index (χ2n) is 5.51. The first kappa shape index (κ1) is 16.1. The molecule has 0 unspecified atom stereocenters. The molecule has 0 atom stereocenters. The normalized spacial score (nSPS) is 10.3. The summed E-state index contributed by atoms with van der Waals surface area (Å²) in [5.74, 6) is 0.866. The third kappa shape index (κ3) is 4.35. The van der Waals surface area contributed by atoms with Crippen molar-refractivity contribution in [3.05, 3.63) is 64.7 Å². The van der Waals surface area contributed by atoms with Crippen molar-refractivity contribution in [3.8, 4) is 5.75 Å². The molecule has 0 aliphatic heterocycles. The van der Waals surface area contributed by atoms with Crippen molar-refractivity contribution < 1.29 is 9.53 Å². The van der Waals surface area contributed by atoms with Gasteiger partial charge in [-0.1, -0.05) is 18.2 Å². The fraction of sp³-hybridized carbons (Fsp3) is 0.316. The molecule has 116 valence electrons. The van der Waals surface area contributed by atoms with Gasteiger partial charge in [0.15, 0.2) is 0 Å². The van der Waals surface area contributed by atoms with E-state index in [1.54, 1.807) is 7.11 Å². The summed E-state index contributed by atoms with van der Waals surface area (Å²) < 4.78 is 5.21. The first-order valence-corrected chi connectivity index (χ1v) is 7.58. The molecule has 1 N–H and O–H groups in total. The van der Waals surface area contributed by atoms with Gasteiger partial charge in [-0.25, -0.2) is 0 Å². The van der Waals surface area contributed by atoms with Gasteiger partial charge in [0, 0.05) is 12.1 Å². The van der Waals surface area contributed by atoms with E-state index in [9.17, 15) is 4.79 Å². The molecule has 0 fully saturated rings. The number of carbonyl (C=O) groups excluding carboxylic acids is 1. The van der Waals surface area contributed by atoms with Crippen molar-refractivity contribution in [2.45, 2.75) is 26.7 Å². The molecule has 2 aromatic rings. The largest absolute Gasteiger partial charge is 0.497 e. The zero-order valence-corrected chi connectivity index (χ0v) is 13.5. The van der Waals surface area contributed by atoms with Crippen molar-refractivity contribution in [1.82, 2.24) is 5.32 Å². The van der Waals surface area contributed by atoms with E-state index in [1.165, 1.54) is 11.1 Å². The van der Waals surface area contributed by atoms with Crippen LogP contribution in [0.5, 0.6) is 5.75 Å². The molecular formula is C19H23NO2. The highest BCUT2D eigenvalue weighted by Gasteiger charge is 2.06. The first-order valence-electron chi connectivity index (χ1n) is 7.58. The second kappa shape index (κ2) is 7.64. The van der Waals surface area contributed by atoms with Gasteiger partial charge in [0.2, 0.25) is 0 Å². The number of ether oxygens (including phenoxy) is 1. The molecule has 2 aromatic carbocycles. The smallest absolute Gasteiger partial charge is 0.251 e. The monoisotopic (exact) mass is 297 g/mol. The van der Waals surface area contributed by atoms with Crippen LogP contribution in [-0.2, 0) is 6.42 Å². The average molecular weight is 297 g/mol. The predicted molar refractivity (Wildman–Crippen MR) is 89.6 cm³/mol. The Morgan fingerprint density at radius 2 is 1.91 bits per heavy atom. The molecule has 22 heavy (non-hydrogen) atoms. The van der Waals surface area contributed by atoms with Gasteiger partial charge in [0.1, 0.15) is 5.75 Å². The zero-order valence-electron chi connectivity index (χ0n) is 13.5. The van der Waals surface area contributed by atoms with Crippen LogP contribution in [0.3, 0.4) is 0 Å². The summed E-state index contributed by atoms with van der Waals surface area (Å²) in [7, 11) is 1.67. The highest BCUT2D eigenvalue weighted by molar-refractivity contribution is 5.94. The molecule has 0 aliphatic carbocycles. The lowest BCUT2D eigenvalue weighted by atomic mass is 10.1. The van der Waals surface area contributed by atoms with Gasteiger partial charge in [0.25, 0.3) is 5.91 Å². The van der Waals surface area contributed by atoms with E-state index in [2.05, 4.69) is 11.4 Å². The van der Waals surface area contributed by atoms with Gasteiger partial charge in [-0.15, -0.1) is 0 Å². The topological polar surface area (TPSA) is 38.3 Å². The van der Waals surface area contributed by atoms with E-state index in [1.807, 2.05) is 50.2 Å².